The molecule has 3 heteroatoms. The van der Waals surface area contributed by atoms with E-state index in [0.29, 0.717) is 0 Å². The number of nitrogens with one attached hydrogen (secondary N) is 1. The summed E-state index contributed by atoms with van der Waals surface area (Å²) in [4.78, 5) is 9.90. The number of hydrogen-bond acceptors (Lipinski definition) is 2. The zero-order valence-corrected chi connectivity index (χ0v) is 5.98. The largest absolute Gasteiger partial charge is 0.480 e. The van der Waals surface area contributed by atoms with E-state index in [4.69, 9.17) is 5.11 Å². The molecule has 0 aliphatic heterocycles. The molecule has 0 saturated heterocycles. The van der Waals surface area contributed by atoms with Crippen LogP contribution >= 0.6 is 0 Å². The Hall–Kier alpha value is -1.17. The van der Waals surface area contributed by atoms with Crippen LogP contribution in [0.4, 0.5) is 0 Å². The van der Waals surface area contributed by atoms with Crippen molar-refractivity contribution in [2.24, 2.45) is 0 Å². The topological polar surface area (TPSA) is 49.3 Å². The molecule has 56 valence electrons. The van der Waals surface area contributed by atoms with Crippen molar-refractivity contribution in [3.05, 3.63) is 0 Å². The lowest BCUT2D eigenvalue weighted by molar-refractivity contribution is -0.135. The van der Waals surface area contributed by atoms with Crippen molar-refractivity contribution in [2.45, 2.75) is 19.8 Å². The maximum atomic E-state index is 9.90. The van der Waals surface area contributed by atoms with Gasteiger partial charge < -0.3 is 10.4 Å². The molecule has 0 radical (unpaired) electrons. The lowest BCUT2D eigenvalue weighted by Gasteiger charge is -1.87. The lowest BCUT2D eigenvalue weighted by atomic mass is 10.4. The summed E-state index contributed by atoms with van der Waals surface area (Å²) >= 11 is 0. The summed E-state index contributed by atoms with van der Waals surface area (Å²) in [5.74, 6) is 1.88. The molecule has 0 aliphatic carbocycles. The summed E-state index contributed by atoms with van der Waals surface area (Å²) in [6, 6.07) is 2.54. The van der Waals surface area contributed by atoms with E-state index in [-0.39, 0.29) is 6.54 Å². The first kappa shape index (κ1) is 8.83. The first-order valence-corrected chi connectivity index (χ1v) is 3.20. The minimum absolute atomic E-state index is 0.0866. The Kier molecular flexibility index (Phi) is 5.26. The summed E-state index contributed by atoms with van der Waals surface area (Å²) in [6.07, 6.45) is 1.81. The Bertz CT molecular complexity index is 155. The van der Waals surface area contributed by atoms with Crippen molar-refractivity contribution in [3.8, 4) is 12.0 Å². The number of aliphatic carboxylic acids is 1. The van der Waals surface area contributed by atoms with Crippen LogP contribution in [-0.2, 0) is 4.79 Å². The highest BCUT2D eigenvalue weighted by molar-refractivity contribution is 5.69. The third-order valence-corrected chi connectivity index (χ3v) is 0.791. The summed E-state index contributed by atoms with van der Waals surface area (Å²) in [7, 11) is 0. The fourth-order valence-electron chi connectivity index (χ4n) is 0.370. The van der Waals surface area contributed by atoms with Crippen LogP contribution in [0.3, 0.4) is 0 Å². The molecule has 0 aromatic heterocycles. The van der Waals surface area contributed by atoms with Gasteiger partial charge in [-0.15, -0.1) is 0 Å². The van der Waals surface area contributed by atoms with Gasteiger partial charge >= 0.3 is 5.97 Å². The molecule has 0 rings (SSSR count). The third-order valence-electron chi connectivity index (χ3n) is 0.791. The van der Waals surface area contributed by atoms with E-state index in [1.165, 1.54) is 0 Å². The molecule has 3 nitrogen and oxygen atoms in total. The molecular weight excluding hydrogens is 130 g/mol. The van der Waals surface area contributed by atoms with Gasteiger partial charge in [-0.2, -0.15) is 0 Å². The standard InChI is InChI=1S/C7H11NO2/c1-2-3-4-5-8-6-7(9)10/h8H,2-3,6H2,1H3,(H,9,10). The van der Waals surface area contributed by atoms with Crippen molar-refractivity contribution >= 4 is 5.97 Å². The van der Waals surface area contributed by atoms with Crippen LogP contribution < -0.4 is 5.32 Å². The third kappa shape index (κ3) is 6.83. The quantitative estimate of drug-likeness (QED) is 0.442. The maximum Gasteiger partial charge on any atom is 0.323 e. The Morgan fingerprint density at radius 1 is 1.70 bits per heavy atom. The van der Waals surface area contributed by atoms with Gasteiger partial charge in [-0.25, -0.2) is 0 Å². The first-order valence-electron chi connectivity index (χ1n) is 3.20. The molecule has 0 spiro atoms. The van der Waals surface area contributed by atoms with Gasteiger partial charge in [0.2, 0.25) is 0 Å². The van der Waals surface area contributed by atoms with Crippen molar-refractivity contribution in [1.29, 1.82) is 0 Å². The zero-order chi connectivity index (χ0) is 7.82. The van der Waals surface area contributed by atoms with Gasteiger partial charge in [0.1, 0.15) is 6.54 Å². The molecule has 0 saturated carbocycles. The Morgan fingerprint density at radius 3 is 2.90 bits per heavy atom. The highest BCUT2D eigenvalue weighted by Gasteiger charge is 1.88. The SMILES string of the molecule is CCCC#CNCC(=O)O. The van der Waals surface area contributed by atoms with Crippen LogP contribution in [-0.4, -0.2) is 17.6 Å². The molecule has 0 aliphatic rings. The number of hydrogen-bond donors (Lipinski definition) is 2. The molecule has 2 N–H and O–H groups in total. The Balaban J connectivity index is 3.20. The minimum atomic E-state index is -0.884. The van der Waals surface area contributed by atoms with Gasteiger partial charge in [0.15, 0.2) is 0 Å². The fraction of sp³-hybridized carbons (Fsp3) is 0.571. The molecule has 0 fully saturated rings. The highest BCUT2D eigenvalue weighted by Crippen LogP contribution is 1.79. The predicted octanol–water partition coefficient (Wildman–Crippen LogP) is 0.422. The monoisotopic (exact) mass is 141 g/mol. The summed E-state index contributed by atoms with van der Waals surface area (Å²) in [5.41, 5.74) is 0. The first-order chi connectivity index (χ1) is 4.77. The average Bonchev–Trinajstić information content (AvgIpc) is 1.87. The van der Waals surface area contributed by atoms with E-state index < -0.39 is 5.97 Å². The second kappa shape index (κ2) is 5.96. The smallest absolute Gasteiger partial charge is 0.323 e. The number of carbonyl (C=O) groups is 1. The number of carboxylic acids is 1. The summed E-state index contributed by atoms with van der Waals surface area (Å²) in [5, 5.41) is 10.6. The van der Waals surface area contributed by atoms with Gasteiger partial charge in [0, 0.05) is 12.5 Å². The lowest BCUT2D eigenvalue weighted by Crippen LogP contribution is -2.16. The molecule has 0 aromatic rings. The average molecular weight is 141 g/mol. The van der Waals surface area contributed by atoms with E-state index >= 15 is 0 Å². The molecule has 0 atom stereocenters. The second-order valence-corrected chi connectivity index (χ2v) is 1.80. The van der Waals surface area contributed by atoms with Crippen molar-refractivity contribution in [3.63, 3.8) is 0 Å². The maximum absolute atomic E-state index is 9.90. The van der Waals surface area contributed by atoms with Gasteiger partial charge in [-0.1, -0.05) is 12.8 Å². The number of unbranched alkanes of at least 4 members (excludes halogenated alkanes) is 1. The normalized spacial score (nSPS) is 7.70. The van der Waals surface area contributed by atoms with Crippen LogP contribution in [0.2, 0.25) is 0 Å². The van der Waals surface area contributed by atoms with Crippen molar-refractivity contribution in [2.75, 3.05) is 6.54 Å². The van der Waals surface area contributed by atoms with Crippen LogP contribution in [0.25, 0.3) is 0 Å². The van der Waals surface area contributed by atoms with Crippen molar-refractivity contribution in [1.82, 2.24) is 5.32 Å². The van der Waals surface area contributed by atoms with Crippen LogP contribution in [0.15, 0.2) is 0 Å². The highest BCUT2D eigenvalue weighted by atomic mass is 16.4. The molecule has 0 heterocycles. The summed E-state index contributed by atoms with van der Waals surface area (Å²) in [6.45, 7) is 1.93. The predicted molar refractivity (Wildman–Crippen MR) is 38.3 cm³/mol. The fourth-order valence-corrected chi connectivity index (χ4v) is 0.370. The summed E-state index contributed by atoms with van der Waals surface area (Å²) < 4.78 is 0. The van der Waals surface area contributed by atoms with E-state index in [2.05, 4.69) is 17.3 Å². The molecular formula is C7H11NO2. The van der Waals surface area contributed by atoms with E-state index in [1.54, 1.807) is 0 Å². The van der Waals surface area contributed by atoms with Crippen molar-refractivity contribution < 1.29 is 9.90 Å². The zero-order valence-electron chi connectivity index (χ0n) is 5.98. The van der Waals surface area contributed by atoms with Gasteiger partial charge in [-0.3, -0.25) is 4.79 Å². The number of carboxylic acid groups (broad SMARTS) is 1. The minimum Gasteiger partial charge on any atom is -0.480 e. The van der Waals surface area contributed by atoms with Crippen LogP contribution in [0, 0.1) is 12.0 Å². The van der Waals surface area contributed by atoms with Gasteiger partial charge in [0.05, 0.1) is 0 Å². The van der Waals surface area contributed by atoms with Crippen LogP contribution in [0.5, 0.6) is 0 Å². The van der Waals surface area contributed by atoms with Crippen LogP contribution in [0.1, 0.15) is 19.8 Å². The molecule has 10 heavy (non-hydrogen) atoms. The molecule has 0 bridgehead atoms. The Morgan fingerprint density at radius 2 is 2.40 bits per heavy atom. The molecule has 0 unspecified atom stereocenters. The number of rotatable bonds is 3. The molecule has 0 aromatic carbocycles. The van der Waals surface area contributed by atoms with Gasteiger partial charge in [0.25, 0.3) is 0 Å². The van der Waals surface area contributed by atoms with E-state index in [9.17, 15) is 4.79 Å². The Labute approximate surface area is 60.4 Å². The second-order valence-electron chi connectivity index (χ2n) is 1.80. The van der Waals surface area contributed by atoms with E-state index in [0.717, 1.165) is 12.8 Å². The van der Waals surface area contributed by atoms with Gasteiger partial charge in [-0.05, 0) is 6.42 Å². The van der Waals surface area contributed by atoms with E-state index in [1.807, 2.05) is 6.92 Å². The molecule has 0 amide bonds.